The van der Waals surface area contributed by atoms with Crippen LogP contribution in [0.3, 0.4) is 0 Å². The van der Waals surface area contributed by atoms with Crippen LogP contribution in [-0.2, 0) is 23.1 Å². The van der Waals surface area contributed by atoms with E-state index in [4.69, 9.17) is 10.5 Å². The maximum atomic E-state index is 13.0. The maximum Gasteiger partial charge on any atom is 0.276 e. The maximum absolute atomic E-state index is 13.0. The van der Waals surface area contributed by atoms with Crippen molar-refractivity contribution in [3.63, 3.8) is 0 Å². The van der Waals surface area contributed by atoms with Gasteiger partial charge in [-0.25, -0.2) is 18.1 Å². The van der Waals surface area contributed by atoms with Crippen molar-refractivity contribution in [1.82, 2.24) is 24.1 Å². The summed E-state index contributed by atoms with van der Waals surface area (Å²) in [6.45, 7) is 4.69. The second-order valence-electron chi connectivity index (χ2n) is 7.46. The normalized spacial score (nSPS) is 11.6. The lowest BCUT2D eigenvalue weighted by atomic mass is 10.1. The lowest BCUT2D eigenvalue weighted by Crippen LogP contribution is -2.24. The number of nitrogens with zero attached hydrogens (tertiary/aromatic N) is 4. The number of carbonyl (C=O) groups excluding carboxylic acids is 2. The number of carbonyl (C=O) groups is 2. The zero-order chi connectivity index (χ0) is 24.3. The average molecular weight is 478 g/mol. The second kappa shape index (κ2) is 9.58. The van der Waals surface area contributed by atoms with E-state index in [0.29, 0.717) is 47.7 Å². The standard InChI is InChI=1S/C20H27N7O5S/c1-5-27-15(9-12(2)25-27)19(29)24-20-23-14-10-13(18(21)28)11-16(32-3)17(14)26(20)8-6-7-22-33(4,30)31/h9-11,22H,5-8H2,1-4H3,(H2,21,28)(H,23,24,29). The van der Waals surface area contributed by atoms with Gasteiger partial charge in [0.25, 0.3) is 5.91 Å². The first-order chi connectivity index (χ1) is 15.5. The predicted octanol–water partition coefficient (Wildman–Crippen LogP) is 0.860. The summed E-state index contributed by atoms with van der Waals surface area (Å²) in [5.41, 5.74) is 7.65. The molecule has 12 nitrogen and oxygen atoms in total. The number of primary amides is 1. The number of nitrogens with one attached hydrogen (secondary N) is 2. The van der Waals surface area contributed by atoms with Crippen LogP contribution in [0.4, 0.5) is 5.95 Å². The van der Waals surface area contributed by atoms with Gasteiger partial charge in [-0.3, -0.25) is 19.6 Å². The van der Waals surface area contributed by atoms with E-state index in [9.17, 15) is 18.0 Å². The molecule has 3 rings (SSSR count). The monoisotopic (exact) mass is 477 g/mol. The molecule has 0 bridgehead atoms. The SMILES string of the molecule is CCn1nc(C)cc1C(=O)Nc1nc2cc(C(N)=O)cc(OC)c2n1CCCNS(C)(=O)=O. The van der Waals surface area contributed by atoms with Crippen molar-refractivity contribution in [2.24, 2.45) is 5.73 Å². The van der Waals surface area contributed by atoms with Gasteiger partial charge < -0.3 is 15.0 Å². The third kappa shape index (κ3) is 5.49. The first kappa shape index (κ1) is 24.2. The van der Waals surface area contributed by atoms with Crippen molar-refractivity contribution in [1.29, 1.82) is 0 Å². The van der Waals surface area contributed by atoms with Crippen LogP contribution in [0, 0.1) is 6.92 Å². The van der Waals surface area contributed by atoms with Gasteiger partial charge in [-0.15, -0.1) is 0 Å². The highest BCUT2D eigenvalue weighted by molar-refractivity contribution is 7.88. The highest BCUT2D eigenvalue weighted by Gasteiger charge is 2.21. The number of hydrogen-bond donors (Lipinski definition) is 3. The number of amides is 2. The van der Waals surface area contributed by atoms with Crippen LogP contribution in [0.2, 0.25) is 0 Å². The molecular formula is C20H27N7O5S. The summed E-state index contributed by atoms with van der Waals surface area (Å²) in [4.78, 5) is 29.2. The lowest BCUT2D eigenvalue weighted by Gasteiger charge is -2.13. The number of anilines is 1. The Morgan fingerprint density at radius 3 is 2.58 bits per heavy atom. The van der Waals surface area contributed by atoms with Crippen LogP contribution < -0.4 is 20.5 Å². The lowest BCUT2D eigenvalue weighted by molar-refractivity contribution is 0.0995. The molecule has 3 aromatic rings. The zero-order valence-corrected chi connectivity index (χ0v) is 19.7. The van der Waals surface area contributed by atoms with Crippen LogP contribution in [0.5, 0.6) is 5.75 Å². The van der Waals surface area contributed by atoms with Gasteiger partial charge >= 0.3 is 0 Å². The number of benzene rings is 1. The van der Waals surface area contributed by atoms with Crippen molar-refractivity contribution < 1.29 is 22.7 Å². The van der Waals surface area contributed by atoms with E-state index in [1.807, 2.05) is 6.92 Å². The second-order valence-corrected chi connectivity index (χ2v) is 9.29. The first-order valence-electron chi connectivity index (χ1n) is 10.2. The Balaban J connectivity index is 2.03. The number of hydrogen-bond acceptors (Lipinski definition) is 7. The third-order valence-corrected chi connectivity index (χ3v) is 5.62. The van der Waals surface area contributed by atoms with E-state index in [1.54, 1.807) is 22.2 Å². The Morgan fingerprint density at radius 1 is 1.24 bits per heavy atom. The molecule has 13 heteroatoms. The Kier molecular flexibility index (Phi) is 7.03. The Labute approximate surface area is 191 Å². The van der Waals surface area contributed by atoms with E-state index < -0.39 is 21.8 Å². The summed E-state index contributed by atoms with van der Waals surface area (Å²) < 4.78 is 33.9. The fraction of sp³-hybridized carbons (Fsp3) is 0.400. The minimum Gasteiger partial charge on any atom is -0.494 e. The molecule has 0 aliphatic heterocycles. The van der Waals surface area contributed by atoms with E-state index in [2.05, 4.69) is 20.1 Å². The molecule has 0 spiro atoms. The fourth-order valence-corrected chi connectivity index (χ4v) is 3.99. The summed E-state index contributed by atoms with van der Waals surface area (Å²) in [5, 5.41) is 7.09. The molecule has 33 heavy (non-hydrogen) atoms. The zero-order valence-electron chi connectivity index (χ0n) is 18.9. The van der Waals surface area contributed by atoms with Crippen molar-refractivity contribution in [2.75, 3.05) is 25.2 Å². The van der Waals surface area contributed by atoms with E-state index in [-0.39, 0.29) is 18.1 Å². The quantitative estimate of drug-likeness (QED) is 0.365. The van der Waals surface area contributed by atoms with Gasteiger partial charge in [0.1, 0.15) is 17.0 Å². The first-order valence-corrected chi connectivity index (χ1v) is 12.1. The number of ether oxygens (including phenoxy) is 1. The van der Waals surface area contributed by atoms with Gasteiger partial charge in [0.15, 0.2) is 0 Å². The molecule has 0 saturated carbocycles. The fourth-order valence-electron chi connectivity index (χ4n) is 3.47. The molecule has 0 saturated heterocycles. The third-order valence-electron chi connectivity index (χ3n) is 4.89. The highest BCUT2D eigenvalue weighted by Crippen LogP contribution is 2.31. The van der Waals surface area contributed by atoms with Gasteiger partial charge in [0, 0.05) is 25.2 Å². The molecule has 0 fully saturated rings. The summed E-state index contributed by atoms with van der Waals surface area (Å²) in [7, 11) is -1.89. The highest BCUT2D eigenvalue weighted by atomic mass is 32.2. The van der Waals surface area contributed by atoms with Gasteiger partial charge in [0.2, 0.25) is 21.9 Å². The minimum absolute atomic E-state index is 0.190. The van der Waals surface area contributed by atoms with E-state index in [0.717, 1.165) is 6.26 Å². The van der Waals surface area contributed by atoms with Crippen molar-refractivity contribution in [2.45, 2.75) is 33.4 Å². The Bertz CT molecular complexity index is 1310. The van der Waals surface area contributed by atoms with Crippen LogP contribution in [0.15, 0.2) is 18.2 Å². The van der Waals surface area contributed by atoms with Crippen molar-refractivity contribution >= 4 is 38.8 Å². The number of rotatable bonds is 10. The van der Waals surface area contributed by atoms with E-state index >= 15 is 0 Å². The average Bonchev–Trinajstić information content (AvgIpc) is 3.29. The van der Waals surface area contributed by atoms with Crippen molar-refractivity contribution in [3.05, 3.63) is 35.2 Å². The molecule has 0 atom stereocenters. The number of nitrogens with two attached hydrogens (primary N) is 1. The predicted molar refractivity (Wildman–Crippen MR) is 123 cm³/mol. The molecule has 0 radical (unpaired) electrons. The Morgan fingerprint density at radius 2 is 1.97 bits per heavy atom. The number of aryl methyl sites for hydroxylation is 3. The van der Waals surface area contributed by atoms with E-state index in [1.165, 1.54) is 19.2 Å². The number of fused-ring (bicyclic) bond motifs is 1. The topological polar surface area (TPSA) is 163 Å². The molecule has 2 amide bonds. The molecule has 1 aromatic carbocycles. The van der Waals surface area contributed by atoms with Gasteiger partial charge in [-0.05, 0) is 38.5 Å². The molecule has 0 aliphatic rings. The summed E-state index contributed by atoms with van der Waals surface area (Å²) in [6, 6.07) is 4.69. The van der Waals surface area contributed by atoms with Gasteiger partial charge in [-0.2, -0.15) is 5.10 Å². The largest absolute Gasteiger partial charge is 0.494 e. The van der Waals surface area contributed by atoms with Crippen LogP contribution in [0.1, 0.15) is 39.9 Å². The number of sulfonamides is 1. The summed E-state index contributed by atoms with van der Waals surface area (Å²) >= 11 is 0. The smallest absolute Gasteiger partial charge is 0.276 e. The molecular weight excluding hydrogens is 450 g/mol. The number of aromatic nitrogens is 4. The molecule has 178 valence electrons. The molecule has 2 aromatic heterocycles. The van der Waals surface area contributed by atoms with Crippen LogP contribution in [-0.4, -0.2) is 59.5 Å². The molecule has 4 N–H and O–H groups in total. The van der Waals surface area contributed by atoms with Crippen molar-refractivity contribution in [3.8, 4) is 5.75 Å². The Hall–Kier alpha value is -3.45. The summed E-state index contributed by atoms with van der Waals surface area (Å²) in [5.74, 6) is -0.483. The van der Waals surface area contributed by atoms with Crippen LogP contribution >= 0.6 is 0 Å². The number of methoxy groups -OCH3 is 1. The molecule has 0 aliphatic carbocycles. The molecule has 2 heterocycles. The van der Waals surface area contributed by atoms with Gasteiger partial charge in [0.05, 0.1) is 24.6 Å². The van der Waals surface area contributed by atoms with Crippen LogP contribution in [0.25, 0.3) is 11.0 Å². The summed E-state index contributed by atoms with van der Waals surface area (Å²) in [6.07, 6.45) is 1.49. The number of imidazole rings is 1. The molecule has 0 unspecified atom stereocenters. The minimum atomic E-state index is -3.34. The van der Waals surface area contributed by atoms with Gasteiger partial charge in [-0.1, -0.05) is 0 Å².